The molecule has 21 heavy (non-hydrogen) atoms. The van der Waals surface area contributed by atoms with Gasteiger partial charge in [-0.2, -0.15) is 0 Å². The molecule has 7 nitrogen and oxygen atoms in total. The van der Waals surface area contributed by atoms with Crippen LogP contribution in [0.2, 0.25) is 0 Å². The first-order valence-electron chi connectivity index (χ1n) is 6.13. The molecule has 0 aliphatic carbocycles. The lowest BCUT2D eigenvalue weighted by molar-refractivity contribution is -0.161. The molecule has 1 aromatic carbocycles. The number of hydrogen-bond donors (Lipinski definition) is 2. The Morgan fingerprint density at radius 3 is 2.71 bits per heavy atom. The number of fused-ring (bicyclic) bond motifs is 1. The van der Waals surface area contributed by atoms with Crippen molar-refractivity contribution in [2.45, 2.75) is 12.2 Å². The smallest absolute Gasteiger partial charge is 0.332 e. The van der Waals surface area contributed by atoms with E-state index in [2.05, 4.69) is 14.8 Å². The summed E-state index contributed by atoms with van der Waals surface area (Å²) in [6, 6.07) is 6.81. The van der Waals surface area contributed by atoms with Crippen molar-refractivity contribution in [1.82, 2.24) is 0 Å². The van der Waals surface area contributed by atoms with E-state index < -0.39 is 24.1 Å². The fourth-order valence-corrected chi connectivity index (χ4v) is 1.86. The maximum atomic E-state index is 11.5. The minimum absolute atomic E-state index is 0.00144. The summed E-state index contributed by atoms with van der Waals surface area (Å²) in [6.07, 6.45) is 0.548. The van der Waals surface area contributed by atoms with Crippen LogP contribution in [0.25, 0.3) is 0 Å². The molecule has 0 fully saturated rings. The van der Waals surface area contributed by atoms with Gasteiger partial charge in [0.2, 0.25) is 0 Å². The average molecular weight is 293 g/mol. The number of para-hydroxylation sites is 2. The van der Waals surface area contributed by atoms with Crippen molar-refractivity contribution in [1.29, 1.82) is 0 Å². The Morgan fingerprint density at radius 2 is 2.05 bits per heavy atom. The first-order chi connectivity index (χ1) is 9.98. The van der Waals surface area contributed by atoms with E-state index in [1.165, 1.54) is 14.2 Å². The average Bonchev–Trinajstić information content (AvgIpc) is 2.47. The second kappa shape index (κ2) is 5.84. The molecule has 7 heteroatoms. The van der Waals surface area contributed by atoms with Crippen LogP contribution in [0.1, 0.15) is 6.42 Å². The highest BCUT2D eigenvalue weighted by molar-refractivity contribution is 5.85. The highest BCUT2D eigenvalue weighted by atomic mass is 16.6. The molecule has 0 saturated carbocycles. The van der Waals surface area contributed by atoms with Crippen molar-refractivity contribution >= 4 is 17.6 Å². The van der Waals surface area contributed by atoms with Gasteiger partial charge in [0.05, 0.1) is 25.6 Å². The van der Waals surface area contributed by atoms with Gasteiger partial charge in [0.15, 0.2) is 0 Å². The van der Waals surface area contributed by atoms with Crippen LogP contribution in [0, 0.1) is 0 Å². The first kappa shape index (κ1) is 14.9. The molecule has 0 radical (unpaired) electrons. The first-order valence-corrected chi connectivity index (χ1v) is 6.13. The number of carbonyl (C=O) groups is 2. The van der Waals surface area contributed by atoms with E-state index in [1.54, 1.807) is 24.3 Å². The zero-order valence-electron chi connectivity index (χ0n) is 11.6. The number of benzene rings is 1. The number of ether oxygens (including phenoxy) is 3. The molecule has 1 heterocycles. The number of esters is 2. The third kappa shape index (κ3) is 3.14. The molecule has 2 rings (SSSR count). The molecule has 0 spiro atoms. The van der Waals surface area contributed by atoms with Crippen molar-refractivity contribution in [2.24, 2.45) is 0 Å². The van der Waals surface area contributed by atoms with Gasteiger partial charge in [0.25, 0.3) is 5.79 Å². The number of rotatable bonds is 3. The van der Waals surface area contributed by atoms with Gasteiger partial charge >= 0.3 is 11.9 Å². The standard InChI is InChI=1S/C14H15NO6/c1-19-12(16)7-11-14(18,8-13(17)20-2)21-10-6-4-3-5-9(10)15-11/h3-7,15,18H,8H2,1-2H3. The van der Waals surface area contributed by atoms with Gasteiger partial charge in [-0.05, 0) is 12.1 Å². The molecule has 0 saturated heterocycles. The molecular weight excluding hydrogens is 278 g/mol. The summed E-state index contributed by atoms with van der Waals surface area (Å²) in [6.45, 7) is 0. The normalized spacial score (nSPS) is 21.8. The Labute approximate surface area is 121 Å². The van der Waals surface area contributed by atoms with E-state index in [0.29, 0.717) is 11.4 Å². The van der Waals surface area contributed by atoms with Crippen LogP contribution in [0.3, 0.4) is 0 Å². The number of anilines is 1. The van der Waals surface area contributed by atoms with Gasteiger partial charge in [0.1, 0.15) is 12.2 Å². The number of nitrogens with one attached hydrogen (secondary N) is 1. The zero-order chi connectivity index (χ0) is 15.5. The lowest BCUT2D eigenvalue weighted by Crippen LogP contribution is -2.46. The third-order valence-electron chi connectivity index (χ3n) is 2.93. The van der Waals surface area contributed by atoms with Crippen LogP contribution in [-0.2, 0) is 19.1 Å². The third-order valence-corrected chi connectivity index (χ3v) is 2.93. The van der Waals surface area contributed by atoms with Crippen LogP contribution in [0.4, 0.5) is 5.69 Å². The van der Waals surface area contributed by atoms with Gasteiger partial charge < -0.3 is 24.6 Å². The van der Waals surface area contributed by atoms with Crippen LogP contribution in [0.15, 0.2) is 36.0 Å². The van der Waals surface area contributed by atoms with Crippen LogP contribution in [0.5, 0.6) is 5.75 Å². The second-order valence-electron chi connectivity index (χ2n) is 4.34. The molecule has 0 bridgehead atoms. The summed E-state index contributed by atoms with van der Waals surface area (Å²) in [4.78, 5) is 22.9. The number of aliphatic hydroxyl groups is 1. The maximum absolute atomic E-state index is 11.5. The molecule has 1 unspecified atom stereocenters. The molecule has 1 aliphatic rings. The molecule has 112 valence electrons. The minimum Gasteiger partial charge on any atom is -0.469 e. The highest BCUT2D eigenvalue weighted by Gasteiger charge is 2.42. The fourth-order valence-electron chi connectivity index (χ4n) is 1.86. The van der Waals surface area contributed by atoms with Gasteiger partial charge in [-0.25, -0.2) is 4.79 Å². The lowest BCUT2D eigenvalue weighted by atomic mass is 10.1. The zero-order valence-corrected chi connectivity index (χ0v) is 11.6. The van der Waals surface area contributed by atoms with E-state index in [0.717, 1.165) is 6.08 Å². The second-order valence-corrected chi connectivity index (χ2v) is 4.34. The summed E-state index contributed by atoms with van der Waals surface area (Å²) in [5.41, 5.74) is 0.556. The van der Waals surface area contributed by atoms with Crippen LogP contribution < -0.4 is 10.1 Å². The van der Waals surface area contributed by atoms with E-state index in [1.807, 2.05) is 0 Å². The van der Waals surface area contributed by atoms with Gasteiger partial charge in [0, 0.05) is 6.08 Å². The van der Waals surface area contributed by atoms with Crippen LogP contribution >= 0.6 is 0 Å². The van der Waals surface area contributed by atoms with E-state index in [9.17, 15) is 14.7 Å². The molecule has 1 aliphatic heterocycles. The molecule has 0 aromatic heterocycles. The van der Waals surface area contributed by atoms with Gasteiger partial charge in [-0.3, -0.25) is 4.79 Å². The topological polar surface area (TPSA) is 94.1 Å². The largest absolute Gasteiger partial charge is 0.469 e. The van der Waals surface area contributed by atoms with Gasteiger partial charge in [-0.1, -0.05) is 12.1 Å². The highest BCUT2D eigenvalue weighted by Crippen LogP contribution is 2.38. The summed E-state index contributed by atoms with van der Waals surface area (Å²) in [5.74, 6) is -3.06. The minimum atomic E-state index is -2.03. The predicted octanol–water partition coefficient (Wildman–Crippen LogP) is 0.799. The summed E-state index contributed by atoms with van der Waals surface area (Å²) in [7, 11) is 2.40. The Balaban J connectivity index is 2.41. The lowest BCUT2D eigenvalue weighted by Gasteiger charge is -2.36. The van der Waals surface area contributed by atoms with Gasteiger partial charge in [-0.15, -0.1) is 0 Å². The van der Waals surface area contributed by atoms with Crippen molar-refractivity contribution in [3.05, 3.63) is 36.0 Å². The Bertz CT molecular complexity index is 597. The molecular formula is C14H15NO6. The quantitative estimate of drug-likeness (QED) is 0.628. The SMILES string of the molecule is COC(=O)C=C1Nc2ccccc2OC1(O)CC(=O)OC. The molecule has 1 atom stereocenters. The van der Waals surface area contributed by atoms with Crippen LogP contribution in [-0.4, -0.2) is 37.1 Å². The van der Waals surface area contributed by atoms with Crippen molar-refractivity contribution in [3.63, 3.8) is 0 Å². The fraction of sp³-hybridized carbons (Fsp3) is 0.286. The van der Waals surface area contributed by atoms with E-state index >= 15 is 0 Å². The number of methoxy groups -OCH3 is 2. The monoisotopic (exact) mass is 293 g/mol. The van der Waals surface area contributed by atoms with Crippen molar-refractivity contribution < 1.29 is 28.9 Å². The Morgan fingerprint density at radius 1 is 1.33 bits per heavy atom. The van der Waals surface area contributed by atoms with E-state index in [4.69, 9.17) is 4.74 Å². The summed E-state index contributed by atoms with van der Waals surface area (Å²) < 4.78 is 14.5. The molecule has 0 amide bonds. The van der Waals surface area contributed by atoms with Crippen molar-refractivity contribution in [3.8, 4) is 5.75 Å². The Hall–Kier alpha value is -2.54. The molecule has 2 N–H and O–H groups in total. The summed E-state index contributed by atoms with van der Waals surface area (Å²) in [5, 5.41) is 13.4. The predicted molar refractivity (Wildman–Crippen MR) is 72.4 cm³/mol. The maximum Gasteiger partial charge on any atom is 0.332 e. The number of hydrogen-bond acceptors (Lipinski definition) is 7. The Kier molecular flexibility index (Phi) is 4.13. The summed E-state index contributed by atoms with van der Waals surface area (Å²) >= 11 is 0. The molecule has 1 aromatic rings. The van der Waals surface area contributed by atoms with Crippen molar-refractivity contribution in [2.75, 3.05) is 19.5 Å². The number of carbonyl (C=O) groups excluding carboxylic acids is 2. The van der Waals surface area contributed by atoms with E-state index in [-0.39, 0.29) is 5.70 Å².